The molecule has 31 heavy (non-hydrogen) atoms. The summed E-state index contributed by atoms with van der Waals surface area (Å²) in [5.74, 6) is -0.0292. The van der Waals surface area contributed by atoms with Crippen LogP contribution in [0.3, 0.4) is 0 Å². The van der Waals surface area contributed by atoms with Crippen molar-refractivity contribution in [2.24, 2.45) is 0 Å². The standard InChI is InChI=1S/C25H24N4O2/c30-25(31)19-10-2-1-7-18(19)15-29(16-23-27-20-11-3-4-12-21(20)28-23)22-13-5-8-17-9-6-14-26-24(17)22/h1-4,6-7,9-12,14,22H,5,8,13,15-16H2,(H,27,28)(H,30,31). The Bertz CT molecular complexity index is 1200. The highest BCUT2D eigenvalue weighted by Crippen LogP contribution is 2.35. The fourth-order valence-corrected chi connectivity index (χ4v) is 4.58. The molecule has 1 aliphatic carbocycles. The number of para-hydroxylation sites is 2. The second-order valence-electron chi connectivity index (χ2n) is 8.02. The fourth-order valence-electron chi connectivity index (χ4n) is 4.58. The Kier molecular flexibility index (Phi) is 5.22. The quantitative estimate of drug-likeness (QED) is 0.478. The van der Waals surface area contributed by atoms with Crippen molar-refractivity contribution in [2.75, 3.05) is 0 Å². The van der Waals surface area contributed by atoms with E-state index in [2.05, 4.69) is 16.0 Å². The molecular formula is C25H24N4O2. The van der Waals surface area contributed by atoms with Gasteiger partial charge in [-0.25, -0.2) is 9.78 Å². The van der Waals surface area contributed by atoms with Gasteiger partial charge in [0.05, 0.1) is 34.9 Å². The summed E-state index contributed by atoms with van der Waals surface area (Å²) in [5, 5.41) is 9.68. The normalized spacial score (nSPS) is 15.8. The highest BCUT2D eigenvalue weighted by molar-refractivity contribution is 5.89. The summed E-state index contributed by atoms with van der Waals surface area (Å²) in [6.45, 7) is 1.10. The molecule has 0 bridgehead atoms. The molecule has 0 amide bonds. The topological polar surface area (TPSA) is 82.1 Å². The highest BCUT2D eigenvalue weighted by Gasteiger charge is 2.29. The molecular weight excluding hydrogens is 388 g/mol. The van der Waals surface area contributed by atoms with Crippen LogP contribution in [0.1, 0.15) is 51.9 Å². The van der Waals surface area contributed by atoms with E-state index in [9.17, 15) is 9.90 Å². The van der Waals surface area contributed by atoms with E-state index in [4.69, 9.17) is 9.97 Å². The number of hydrogen-bond donors (Lipinski definition) is 2. The molecule has 5 rings (SSSR count). The molecule has 0 saturated carbocycles. The minimum atomic E-state index is -0.901. The van der Waals surface area contributed by atoms with Crippen molar-refractivity contribution in [3.8, 4) is 0 Å². The predicted octanol–water partition coefficient (Wildman–Crippen LogP) is 4.74. The van der Waals surface area contributed by atoms with Crippen LogP contribution < -0.4 is 0 Å². The lowest BCUT2D eigenvalue weighted by molar-refractivity contribution is 0.0692. The first-order valence-electron chi connectivity index (χ1n) is 10.6. The van der Waals surface area contributed by atoms with Crippen LogP contribution >= 0.6 is 0 Å². The number of pyridine rings is 1. The molecule has 2 N–H and O–H groups in total. The Morgan fingerprint density at radius 3 is 2.77 bits per heavy atom. The highest BCUT2D eigenvalue weighted by atomic mass is 16.4. The first-order chi connectivity index (χ1) is 15.2. The lowest BCUT2D eigenvalue weighted by Crippen LogP contribution is -2.32. The molecule has 2 aromatic heterocycles. The first-order valence-corrected chi connectivity index (χ1v) is 10.6. The Morgan fingerprint density at radius 2 is 1.90 bits per heavy atom. The summed E-state index contributed by atoms with van der Waals surface area (Å²) in [6, 6.07) is 19.5. The van der Waals surface area contributed by atoms with Gasteiger partial charge in [-0.05, 0) is 54.7 Å². The zero-order valence-corrected chi connectivity index (χ0v) is 17.2. The number of carboxylic acids is 1. The number of aromatic amines is 1. The second-order valence-corrected chi connectivity index (χ2v) is 8.02. The second kappa shape index (κ2) is 8.32. The van der Waals surface area contributed by atoms with Crippen LogP contribution in [0.25, 0.3) is 11.0 Å². The van der Waals surface area contributed by atoms with Gasteiger partial charge in [0.25, 0.3) is 0 Å². The number of rotatable bonds is 6. The van der Waals surface area contributed by atoms with Gasteiger partial charge in [-0.15, -0.1) is 0 Å². The number of aromatic nitrogens is 3. The van der Waals surface area contributed by atoms with Crippen LogP contribution in [0.4, 0.5) is 0 Å². The molecule has 4 aromatic rings. The lowest BCUT2D eigenvalue weighted by atomic mass is 9.90. The minimum Gasteiger partial charge on any atom is -0.478 e. The third kappa shape index (κ3) is 3.94. The van der Waals surface area contributed by atoms with Gasteiger partial charge in [-0.1, -0.05) is 36.4 Å². The summed E-state index contributed by atoms with van der Waals surface area (Å²) in [4.78, 5) is 27.0. The van der Waals surface area contributed by atoms with E-state index >= 15 is 0 Å². The molecule has 1 unspecified atom stereocenters. The van der Waals surface area contributed by atoms with Gasteiger partial charge >= 0.3 is 5.97 Å². The van der Waals surface area contributed by atoms with Crippen LogP contribution in [0.15, 0.2) is 66.9 Å². The maximum absolute atomic E-state index is 11.8. The smallest absolute Gasteiger partial charge is 0.336 e. The van der Waals surface area contributed by atoms with E-state index in [1.54, 1.807) is 12.1 Å². The minimum absolute atomic E-state index is 0.111. The van der Waals surface area contributed by atoms with Crippen molar-refractivity contribution in [1.29, 1.82) is 0 Å². The number of hydrogen-bond acceptors (Lipinski definition) is 4. The zero-order valence-electron chi connectivity index (χ0n) is 17.2. The summed E-state index contributed by atoms with van der Waals surface area (Å²) >= 11 is 0. The SMILES string of the molecule is O=C(O)c1ccccc1CN(Cc1nc2ccccc2[nH]1)C1CCCc2cccnc21. The number of nitrogens with one attached hydrogen (secondary N) is 1. The van der Waals surface area contributed by atoms with E-state index in [0.29, 0.717) is 18.7 Å². The third-order valence-corrected chi connectivity index (χ3v) is 6.02. The monoisotopic (exact) mass is 412 g/mol. The Morgan fingerprint density at radius 1 is 1.06 bits per heavy atom. The molecule has 1 atom stereocenters. The molecule has 2 heterocycles. The van der Waals surface area contributed by atoms with Crippen molar-refractivity contribution < 1.29 is 9.90 Å². The number of fused-ring (bicyclic) bond motifs is 2. The number of imidazole rings is 1. The molecule has 1 aliphatic rings. The number of H-pyrrole nitrogens is 1. The molecule has 2 aromatic carbocycles. The molecule has 0 aliphatic heterocycles. The van der Waals surface area contributed by atoms with Crippen molar-refractivity contribution in [3.05, 3.63) is 95.1 Å². The summed E-state index contributed by atoms with van der Waals surface area (Å²) in [6.07, 6.45) is 4.95. The Labute approximate surface area is 180 Å². The van der Waals surface area contributed by atoms with Gasteiger partial charge < -0.3 is 10.1 Å². The first kappa shape index (κ1) is 19.5. The summed E-state index contributed by atoms with van der Waals surface area (Å²) in [5.41, 5.74) is 5.46. The van der Waals surface area contributed by atoms with Gasteiger partial charge in [0.2, 0.25) is 0 Å². The van der Waals surface area contributed by atoms with E-state index in [1.165, 1.54) is 5.56 Å². The van der Waals surface area contributed by atoms with Crippen LogP contribution in [0.5, 0.6) is 0 Å². The fraction of sp³-hybridized carbons (Fsp3) is 0.240. The maximum atomic E-state index is 11.8. The van der Waals surface area contributed by atoms with E-state index in [0.717, 1.165) is 47.4 Å². The van der Waals surface area contributed by atoms with E-state index in [1.807, 2.05) is 48.7 Å². The largest absolute Gasteiger partial charge is 0.478 e. The molecule has 0 saturated heterocycles. The number of benzene rings is 2. The van der Waals surface area contributed by atoms with Gasteiger partial charge in [-0.3, -0.25) is 9.88 Å². The predicted molar refractivity (Wildman–Crippen MR) is 119 cm³/mol. The maximum Gasteiger partial charge on any atom is 0.336 e. The average Bonchev–Trinajstić information content (AvgIpc) is 3.21. The zero-order chi connectivity index (χ0) is 21.2. The van der Waals surface area contributed by atoms with Gasteiger partial charge in [0, 0.05) is 12.7 Å². The van der Waals surface area contributed by atoms with Gasteiger partial charge in [0.1, 0.15) is 5.82 Å². The average molecular weight is 412 g/mol. The van der Waals surface area contributed by atoms with Crippen LogP contribution in [0, 0.1) is 0 Å². The molecule has 6 nitrogen and oxygen atoms in total. The summed E-state index contributed by atoms with van der Waals surface area (Å²) in [7, 11) is 0. The number of nitrogens with zero attached hydrogens (tertiary/aromatic N) is 3. The molecule has 0 fully saturated rings. The van der Waals surface area contributed by atoms with Crippen molar-refractivity contribution in [1.82, 2.24) is 19.9 Å². The van der Waals surface area contributed by atoms with Gasteiger partial charge in [-0.2, -0.15) is 0 Å². The summed E-state index contributed by atoms with van der Waals surface area (Å²) < 4.78 is 0. The molecule has 0 radical (unpaired) electrons. The van der Waals surface area contributed by atoms with E-state index < -0.39 is 5.97 Å². The number of carboxylic acid groups (broad SMARTS) is 1. The Balaban J connectivity index is 1.53. The number of aryl methyl sites for hydroxylation is 1. The lowest BCUT2D eigenvalue weighted by Gasteiger charge is -2.34. The van der Waals surface area contributed by atoms with Crippen molar-refractivity contribution in [3.63, 3.8) is 0 Å². The van der Waals surface area contributed by atoms with Gasteiger partial charge in [0.15, 0.2) is 0 Å². The van der Waals surface area contributed by atoms with Crippen molar-refractivity contribution >= 4 is 17.0 Å². The number of carbonyl (C=O) groups is 1. The third-order valence-electron chi connectivity index (χ3n) is 6.02. The van der Waals surface area contributed by atoms with Crippen LogP contribution in [-0.4, -0.2) is 30.9 Å². The Hall–Kier alpha value is -3.51. The molecule has 6 heteroatoms. The van der Waals surface area contributed by atoms with E-state index in [-0.39, 0.29) is 6.04 Å². The van der Waals surface area contributed by atoms with Crippen LogP contribution in [0.2, 0.25) is 0 Å². The van der Waals surface area contributed by atoms with Crippen molar-refractivity contribution in [2.45, 2.75) is 38.4 Å². The van der Waals surface area contributed by atoms with Crippen LogP contribution in [-0.2, 0) is 19.5 Å². The molecule has 0 spiro atoms. The molecule has 156 valence electrons. The number of aromatic carboxylic acids is 1.